The molecular weight excluding hydrogens is 474 g/mol. The Labute approximate surface area is 195 Å². The van der Waals surface area contributed by atoms with E-state index in [2.05, 4.69) is 41.3 Å². The molecule has 1 fully saturated rings. The molecule has 166 valence electrons. The van der Waals surface area contributed by atoms with Gasteiger partial charge in [-0.25, -0.2) is 9.97 Å². The third kappa shape index (κ3) is 6.09. The van der Waals surface area contributed by atoms with Crippen LogP contribution in [-0.4, -0.2) is 54.3 Å². The largest absolute Gasteiger partial charge is 0.489 e. The molecule has 2 aromatic carbocycles. The molecule has 1 saturated heterocycles. The Hall–Kier alpha value is -2.88. The highest BCUT2D eigenvalue weighted by Gasteiger charge is 2.10. The van der Waals surface area contributed by atoms with Gasteiger partial charge in [-0.3, -0.25) is 4.90 Å². The molecule has 0 aliphatic carbocycles. The highest BCUT2D eigenvalue weighted by atomic mass is 79.9. The Morgan fingerprint density at radius 1 is 1.12 bits per heavy atom. The van der Waals surface area contributed by atoms with Gasteiger partial charge in [0.15, 0.2) is 11.6 Å². The van der Waals surface area contributed by atoms with E-state index in [1.807, 2.05) is 30.3 Å². The lowest BCUT2D eigenvalue weighted by Gasteiger charge is -2.26. The van der Waals surface area contributed by atoms with Crippen molar-refractivity contribution in [1.29, 1.82) is 0 Å². The first-order valence-corrected chi connectivity index (χ1v) is 11.2. The molecule has 4 rings (SSSR count). The van der Waals surface area contributed by atoms with E-state index in [0.29, 0.717) is 36.1 Å². The van der Waals surface area contributed by atoms with Gasteiger partial charge in [-0.15, -0.1) is 4.91 Å². The van der Waals surface area contributed by atoms with Crippen molar-refractivity contribution in [2.75, 3.05) is 44.8 Å². The van der Waals surface area contributed by atoms with Crippen molar-refractivity contribution in [3.05, 3.63) is 69.8 Å². The molecule has 9 heteroatoms. The molecule has 0 spiro atoms. The number of aromatic nitrogens is 2. The van der Waals surface area contributed by atoms with Gasteiger partial charge in [-0.05, 0) is 35.0 Å². The van der Waals surface area contributed by atoms with Crippen molar-refractivity contribution >= 4 is 27.3 Å². The molecule has 0 unspecified atom stereocenters. The molecule has 1 aliphatic heterocycles. The van der Waals surface area contributed by atoms with E-state index >= 15 is 0 Å². The fraction of sp³-hybridized carbons (Fsp3) is 0.304. The molecule has 32 heavy (non-hydrogen) atoms. The summed E-state index contributed by atoms with van der Waals surface area (Å²) in [7, 11) is 0. The van der Waals surface area contributed by atoms with Crippen LogP contribution in [-0.2, 0) is 11.3 Å². The Kier molecular flexibility index (Phi) is 7.76. The summed E-state index contributed by atoms with van der Waals surface area (Å²) in [6.07, 6.45) is 3.41. The van der Waals surface area contributed by atoms with Gasteiger partial charge < -0.3 is 14.8 Å². The fourth-order valence-electron chi connectivity index (χ4n) is 3.40. The number of anilines is 1. The molecule has 2 heterocycles. The second kappa shape index (κ2) is 11.1. The number of nitrogens with one attached hydrogen (secondary N) is 1. The zero-order valence-electron chi connectivity index (χ0n) is 17.5. The highest BCUT2D eigenvalue weighted by Crippen LogP contribution is 2.29. The monoisotopic (exact) mass is 497 g/mol. The zero-order chi connectivity index (χ0) is 22.2. The lowest BCUT2D eigenvalue weighted by molar-refractivity contribution is 0.0322. The maximum absolute atomic E-state index is 11.0. The third-order valence-corrected chi connectivity index (χ3v) is 5.63. The number of ether oxygens (including phenoxy) is 2. The molecule has 1 N–H and O–H groups in total. The summed E-state index contributed by atoms with van der Waals surface area (Å²) in [5.74, 6) is 1.29. The normalized spacial score (nSPS) is 14.2. The van der Waals surface area contributed by atoms with Crippen LogP contribution < -0.4 is 10.1 Å². The minimum absolute atomic E-state index is 0.372. The molecule has 8 nitrogen and oxygen atoms in total. The van der Waals surface area contributed by atoms with E-state index < -0.39 is 0 Å². The van der Waals surface area contributed by atoms with Crippen LogP contribution in [0.3, 0.4) is 0 Å². The summed E-state index contributed by atoms with van der Waals surface area (Å²) >= 11 is 3.42. The number of rotatable bonds is 9. The summed E-state index contributed by atoms with van der Waals surface area (Å²) in [5.41, 5.74) is 2.99. The first-order chi connectivity index (χ1) is 15.7. The molecule has 0 saturated carbocycles. The average Bonchev–Trinajstić information content (AvgIpc) is 2.84. The van der Waals surface area contributed by atoms with E-state index in [9.17, 15) is 4.91 Å². The second-order valence-corrected chi connectivity index (χ2v) is 8.27. The number of nitroso groups, excluding NO2 is 1. The lowest BCUT2D eigenvalue weighted by Crippen LogP contribution is -2.38. The van der Waals surface area contributed by atoms with Gasteiger partial charge in [-0.1, -0.05) is 34.1 Å². The van der Waals surface area contributed by atoms with E-state index in [4.69, 9.17) is 9.47 Å². The van der Waals surface area contributed by atoms with Gasteiger partial charge in [0.2, 0.25) is 0 Å². The smallest absolute Gasteiger partial charge is 0.159 e. The number of benzene rings is 2. The van der Waals surface area contributed by atoms with Gasteiger partial charge >= 0.3 is 0 Å². The van der Waals surface area contributed by atoms with Gasteiger partial charge in [0.1, 0.15) is 12.3 Å². The average molecular weight is 498 g/mol. The quantitative estimate of drug-likeness (QED) is 0.431. The number of halogens is 1. The van der Waals surface area contributed by atoms with Crippen LogP contribution in [0, 0.1) is 4.91 Å². The minimum Gasteiger partial charge on any atom is -0.489 e. The van der Waals surface area contributed by atoms with Crippen LogP contribution in [0.1, 0.15) is 5.56 Å². The van der Waals surface area contributed by atoms with E-state index in [-0.39, 0.29) is 0 Å². The Morgan fingerprint density at radius 3 is 2.72 bits per heavy atom. The molecule has 0 amide bonds. The Morgan fingerprint density at radius 2 is 1.94 bits per heavy atom. The van der Waals surface area contributed by atoms with Crippen molar-refractivity contribution in [2.45, 2.75) is 6.54 Å². The van der Waals surface area contributed by atoms with Crippen LogP contribution in [0.2, 0.25) is 0 Å². The SMILES string of the molecule is O=Nc1ccc(Br)cc1NCc1cccc(-c2ncc(OCCN3CCOCC3)cn2)c1. The number of nitrogens with zero attached hydrogens (tertiary/aromatic N) is 4. The number of hydrogen-bond donors (Lipinski definition) is 1. The third-order valence-electron chi connectivity index (χ3n) is 5.13. The molecular formula is C23H24BrN5O3. The predicted molar refractivity (Wildman–Crippen MR) is 127 cm³/mol. The van der Waals surface area contributed by atoms with E-state index in [1.165, 1.54) is 0 Å². The molecule has 3 aromatic rings. The van der Waals surface area contributed by atoms with Gasteiger partial charge in [0.05, 0.1) is 31.3 Å². The first kappa shape index (κ1) is 22.3. The predicted octanol–water partition coefficient (Wildman–Crippen LogP) is 4.63. The summed E-state index contributed by atoms with van der Waals surface area (Å²) in [4.78, 5) is 22.3. The van der Waals surface area contributed by atoms with Crippen molar-refractivity contribution in [1.82, 2.24) is 14.9 Å². The zero-order valence-corrected chi connectivity index (χ0v) is 19.1. The van der Waals surface area contributed by atoms with Crippen molar-refractivity contribution in [2.24, 2.45) is 5.18 Å². The summed E-state index contributed by atoms with van der Waals surface area (Å²) in [6, 6.07) is 13.3. The van der Waals surface area contributed by atoms with Crippen LogP contribution in [0.5, 0.6) is 5.75 Å². The molecule has 0 atom stereocenters. The van der Waals surface area contributed by atoms with Crippen LogP contribution >= 0.6 is 15.9 Å². The van der Waals surface area contributed by atoms with Crippen molar-refractivity contribution < 1.29 is 9.47 Å². The maximum atomic E-state index is 11.0. The molecule has 1 aliphatic rings. The number of morpholine rings is 1. The highest BCUT2D eigenvalue weighted by molar-refractivity contribution is 9.10. The standard InChI is InChI=1S/C23H24BrN5O3/c24-19-4-5-21(28-30)22(13-19)25-14-17-2-1-3-18(12-17)23-26-15-20(16-27-23)32-11-8-29-6-9-31-10-7-29/h1-5,12-13,15-16,25H,6-11,14H2. The molecule has 1 aromatic heterocycles. The lowest BCUT2D eigenvalue weighted by atomic mass is 10.1. The van der Waals surface area contributed by atoms with Crippen LogP contribution in [0.4, 0.5) is 11.4 Å². The molecule has 0 radical (unpaired) electrons. The van der Waals surface area contributed by atoms with E-state index in [0.717, 1.165) is 48.4 Å². The van der Waals surface area contributed by atoms with E-state index in [1.54, 1.807) is 24.5 Å². The number of hydrogen-bond acceptors (Lipinski definition) is 8. The van der Waals surface area contributed by atoms with Gasteiger partial charge in [-0.2, -0.15) is 0 Å². The summed E-state index contributed by atoms with van der Waals surface area (Å²) < 4.78 is 12.0. The summed E-state index contributed by atoms with van der Waals surface area (Å²) in [5, 5.41) is 6.33. The second-order valence-electron chi connectivity index (χ2n) is 7.35. The van der Waals surface area contributed by atoms with Crippen molar-refractivity contribution in [3.63, 3.8) is 0 Å². The van der Waals surface area contributed by atoms with Gasteiger partial charge in [0.25, 0.3) is 0 Å². The Balaban J connectivity index is 1.34. The van der Waals surface area contributed by atoms with Crippen LogP contribution in [0.15, 0.2) is 64.5 Å². The van der Waals surface area contributed by atoms with Gasteiger partial charge in [0, 0.05) is 36.2 Å². The maximum Gasteiger partial charge on any atom is 0.159 e. The first-order valence-electron chi connectivity index (χ1n) is 10.4. The Bertz CT molecular complexity index is 1040. The van der Waals surface area contributed by atoms with Crippen molar-refractivity contribution in [3.8, 4) is 17.1 Å². The van der Waals surface area contributed by atoms with Crippen LogP contribution in [0.25, 0.3) is 11.4 Å². The fourth-order valence-corrected chi connectivity index (χ4v) is 3.77. The molecule has 0 bridgehead atoms. The summed E-state index contributed by atoms with van der Waals surface area (Å²) in [6.45, 7) is 5.44. The topological polar surface area (TPSA) is 88.9 Å². The minimum atomic E-state index is 0.372.